The zero-order chi connectivity index (χ0) is 13.2. The van der Waals surface area contributed by atoms with Gasteiger partial charge in [0.1, 0.15) is 0 Å². The van der Waals surface area contributed by atoms with Crippen LogP contribution in [-0.4, -0.2) is 37.3 Å². The number of nitrogens with zero attached hydrogens (tertiary/aromatic N) is 2. The number of pyridine rings is 1. The Morgan fingerprint density at radius 3 is 2.56 bits per heavy atom. The Kier molecular flexibility index (Phi) is 3.99. The smallest absolute Gasteiger partial charge is 0.260 e. The van der Waals surface area contributed by atoms with Crippen molar-refractivity contribution < 1.29 is 8.42 Å². The van der Waals surface area contributed by atoms with Gasteiger partial charge in [-0.25, -0.2) is 13.4 Å². The molecule has 1 aliphatic heterocycles. The van der Waals surface area contributed by atoms with E-state index < -0.39 is 10.0 Å². The van der Waals surface area contributed by atoms with Crippen LogP contribution < -0.4 is 5.73 Å². The number of sulfonamides is 1. The molecular formula is C12H19N3O2S. The van der Waals surface area contributed by atoms with Crippen LogP contribution in [0.5, 0.6) is 0 Å². The predicted octanol–water partition coefficient (Wildman–Crippen LogP) is 0.749. The molecule has 100 valence electrons. The van der Waals surface area contributed by atoms with Crippen molar-refractivity contribution in [1.82, 2.24) is 9.29 Å². The predicted molar refractivity (Wildman–Crippen MR) is 69.5 cm³/mol. The number of rotatable bonds is 3. The van der Waals surface area contributed by atoms with Gasteiger partial charge in [0.15, 0.2) is 5.03 Å². The van der Waals surface area contributed by atoms with Gasteiger partial charge < -0.3 is 5.73 Å². The highest BCUT2D eigenvalue weighted by Crippen LogP contribution is 2.22. The van der Waals surface area contributed by atoms with E-state index in [9.17, 15) is 8.42 Å². The molecule has 2 rings (SSSR count). The minimum absolute atomic E-state index is 0.138. The molecule has 18 heavy (non-hydrogen) atoms. The molecule has 0 spiro atoms. The summed E-state index contributed by atoms with van der Waals surface area (Å²) < 4.78 is 26.2. The first-order chi connectivity index (χ1) is 8.54. The first-order valence-electron chi connectivity index (χ1n) is 6.17. The quantitative estimate of drug-likeness (QED) is 0.878. The standard InChI is InChI=1S/C12H19N3O2S/c1-10-2-3-12(14-9-10)18(16,17)15-6-4-11(8-13)5-7-15/h2-3,9,11H,4-8,13H2,1H3. The van der Waals surface area contributed by atoms with Crippen LogP contribution in [0, 0.1) is 12.8 Å². The number of hydrogen-bond donors (Lipinski definition) is 1. The average molecular weight is 269 g/mol. The summed E-state index contributed by atoms with van der Waals surface area (Å²) in [6, 6.07) is 3.34. The lowest BCUT2D eigenvalue weighted by molar-refractivity contribution is 0.278. The van der Waals surface area contributed by atoms with Crippen LogP contribution in [0.2, 0.25) is 0 Å². The molecule has 0 aromatic carbocycles. The van der Waals surface area contributed by atoms with Gasteiger partial charge in [0, 0.05) is 19.3 Å². The molecule has 1 saturated heterocycles. The van der Waals surface area contributed by atoms with E-state index in [1.165, 1.54) is 4.31 Å². The van der Waals surface area contributed by atoms with Crippen LogP contribution >= 0.6 is 0 Å². The van der Waals surface area contributed by atoms with Gasteiger partial charge in [-0.1, -0.05) is 6.07 Å². The molecule has 0 atom stereocenters. The van der Waals surface area contributed by atoms with Crippen LogP contribution in [0.15, 0.2) is 23.4 Å². The lowest BCUT2D eigenvalue weighted by atomic mass is 9.99. The Bertz CT molecular complexity index is 491. The average Bonchev–Trinajstić information content (AvgIpc) is 2.39. The Hall–Kier alpha value is -0.980. The number of piperidine rings is 1. The fraction of sp³-hybridized carbons (Fsp3) is 0.583. The topological polar surface area (TPSA) is 76.3 Å². The van der Waals surface area contributed by atoms with E-state index in [0.29, 0.717) is 25.6 Å². The van der Waals surface area contributed by atoms with Crippen LogP contribution in [0.4, 0.5) is 0 Å². The van der Waals surface area contributed by atoms with Crippen molar-refractivity contribution >= 4 is 10.0 Å². The van der Waals surface area contributed by atoms with Crippen molar-refractivity contribution in [3.05, 3.63) is 23.9 Å². The molecule has 2 N–H and O–H groups in total. The zero-order valence-corrected chi connectivity index (χ0v) is 11.4. The lowest BCUT2D eigenvalue weighted by Gasteiger charge is -2.30. The van der Waals surface area contributed by atoms with Gasteiger partial charge in [0.05, 0.1) is 0 Å². The lowest BCUT2D eigenvalue weighted by Crippen LogP contribution is -2.40. The Labute approximate surface area is 108 Å². The number of hydrogen-bond acceptors (Lipinski definition) is 4. The molecule has 0 radical (unpaired) electrons. The third kappa shape index (κ3) is 2.71. The molecule has 5 nitrogen and oxygen atoms in total. The summed E-state index contributed by atoms with van der Waals surface area (Å²) in [5, 5.41) is 0.138. The van der Waals surface area contributed by atoms with E-state index in [2.05, 4.69) is 4.98 Å². The fourth-order valence-corrected chi connectivity index (χ4v) is 3.51. The van der Waals surface area contributed by atoms with E-state index in [1.54, 1.807) is 18.3 Å². The van der Waals surface area contributed by atoms with E-state index in [4.69, 9.17) is 5.73 Å². The number of aryl methyl sites for hydroxylation is 1. The van der Waals surface area contributed by atoms with Gasteiger partial charge in [-0.2, -0.15) is 4.31 Å². The molecule has 1 aromatic rings. The van der Waals surface area contributed by atoms with Crippen LogP contribution in [0.1, 0.15) is 18.4 Å². The summed E-state index contributed by atoms with van der Waals surface area (Å²) >= 11 is 0. The van der Waals surface area contributed by atoms with Gasteiger partial charge in [0.2, 0.25) is 0 Å². The van der Waals surface area contributed by atoms with Crippen molar-refractivity contribution in [3.63, 3.8) is 0 Å². The minimum atomic E-state index is -3.43. The monoisotopic (exact) mass is 269 g/mol. The second kappa shape index (κ2) is 5.34. The van der Waals surface area contributed by atoms with Gasteiger partial charge in [-0.3, -0.25) is 0 Å². The highest BCUT2D eigenvalue weighted by Gasteiger charge is 2.29. The van der Waals surface area contributed by atoms with Crippen LogP contribution in [-0.2, 0) is 10.0 Å². The first-order valence-corrected chi connectivity index (χ1v) is 7.61. The molecule has 1 aromatic heterocycles. The second-order valence-corrected chi connectivity index (χ2v) is 6.64. The van der Waals surface area contributed by atoms with E-state index in [-0.39, 0.29) is 5.03 Å². The van der Waals surface area contributed by atoms with Crippen LogP contribution in [0.25, 0.3) is 0 Å². The third-order valence-corrected chi connectivity index (χ3v) is 5.21. The second-order valence-electron chi connectivity index (χ2n) is 4.76. The molecule has 2 heterocycles. The fourth-order valence-electron chi connectivity index (χ4n) is 2.12. The van der Waals surface area contributed by atoms with Gasteiger partial charge in [-0.15, -0.1) is 0 Å². The van der Waals surface area contributed by atoms with E-state index in [0.717, 1.165) is 18.4 Å². The zero-order valence-electron chi connectivity index (χ0n) is 10.5. The maximum atomic E-state index is 12.3. The molecule has 0 saturated carbocycles. The maximum absolute atomic E-state index is 12.3. The Morgan fingerprint density at radius 1 is 1.39 bits per heavy atom. The molecule has 0 bridgehead atoms. The highest BCUT2D eigenvalue weighted by atomic mass is 32.2. The van der Waals surface area contributed by atoms with Crippen molar-refractivity contribution in [2.24, 2.45) is 11.7 Å². The Morgan fingerprint density at radius 2 is 2.06 bits per heavy atom. The molecular weight excluding hydrogens is 250 g/mol. The third-order valence-electron chi connectivity index (χ3n) is 3.40. The number of nitrogens with two attached hydrogens (primary N) is 1. The molecule has 0 unspecified atom stereocenters. The highest BCUT2D eigenvalue weighted by molar-refractivity contribution is 7.89. The molecule has 1 fully saturated rings. The van der Waals surface area contributed by atoms with Gasteiger partial charge in [-0.05, 0) is 43.9 Å². The SMILES string of the molecule is Cc1ccc(S(=O)(=O)N2CCC(CN)CC2)nc1. The summed E-state index contributed by atoms with van der Waals surface area (Å²) in [7, 11) is -3.43. The summed E-state index contributed by atoms with van der Waals surface area (Å²) in [6.07, 6.45) is 3.25. The van der Waals surface area contributed by atoms with Crippen molar-refractivity contribution in [3.8, 4) is 0 Å². The van der Waals surface area contributed by atoms with Crippen molar-refractivity contribution in [2.75, 3.05) is 19.6 Å². The largest absolute Gasteiger partial charge is 0.330 e. The van der Waals surface area contributed by atoms with Crippen molar-refractivity contribution in [2.45, 2.75) is 24.8 Å². The summed E-state index contributed by atoms with van der Waals surface area (Å²) in [5.74, 6) is 0.447. The molecule has 0 amide bonds. The summed E-state index contributed by atoms with van der Waals surface area (Å²) in [6.45, 7) is 3.60. The van der Waals surface area contributed by atoms with E-state index >= 15 is 0 Å². The normalized spacial score (nSPS) is 19.0. The van der Waals surface area contributed by atoms with Gasteiger partial charge in [0.25, 0.3) is 10.0 Å². The first kappa shape index (κ1) is 13.5. The van der Waals surface area contributed by atoms with Crippen LogP contribution in [0.3, 0.4) is 0 Å². The molecule has 6 heteroatoms. The minimum Gasteiger partial charge on any atom is -0.330 e. The molecule has 1 aliphatic rings. The molecule has 0 aliphatic carbocycles. The number of aromatic nitrogens is 1. The van der Waals surface area contributed by atoms with E-state index in [1.807, 2.05) is 6.92 Å². The summed E-state index contributed by atoms with van der Waals surface area (Å²) in [4.78, 5) is 4.01. The Balaban J connectivity index is 2.15. The maximum Gasteiger partial charge on any atom is 0.260 e. The van der Waals surface area contributed by atoms with Crippen molar-refractivity contribution in [1.29, 1.82) is 0 Å². The van der Waals surface area contributed by atoms with Gasteiger partial charge >= 0.3 is 0 Å². The summed E-state index contributed by atoms with van der Waals surface area (Å²) in [5.41, 5.74) is 6.56.